The first-order valence-electron chi connectivity index (χ1n) is 9.59. The van der Waals surface area contributed by atoms with Gasteiger partial charge in [-0.25, -0.2) is 4.79 Å². The fourth-order valence-electron chi connectivity index (χ4n) is 4.74. The van der Waals surface area contributed by atoms with E-state index in [-0.39, 0.29) is 23.6 Å². The number of hydrogen-bond donors (Lipinski definition) is 0. The maximum atomic E-state index is 12.4. The lowest BCUT2D eigenvalue weighted by atomic mass is 9.69. The van der Waals surface area contributed by atoms with Gasteiger partial charge in [-0.3, -0.25) is 0 Å². The predicted octanol–water partition coefficient (Wildman–Crippen LogP) is 3.78. The van der Waals surface area contributed by atoms with Crippen LogP contribution in [0.2, 0.25) is 0 Å². The molecule has 2 aliphatic heterocycles. The molecule has 1 unspecified atom stereocenters. The molecule has 0 amide bonds. The van der Waals surface area contributed by atoms with Gasteiger partial charge in [0.05, 0.1) is 18.1 Å². The van der Waals surface area contributed by atoms with Gasteiger partial charge in [-0.2, -0.15) is 11.3 Å². The molecule has 1 aromatic heterocycles. The van der Waals surface area contributed by atoms with E-state index < -0.39 is 0 Å². The van der Waals surface area contributed by atoms with Crippen LogP contribution in [0.15, 0.2) is 41.1 Å². The number of carbonyl (C=O) groups excluding carboxylic acids is 1. The standard InChI is InChI=1S/C22H23NO4S/c1-23-9-8-22-7-5-16(26-21(24)15-6-10-28-13-15)11-18(22)27-20-17(25-2)4-3-14(12-23)19(20)22/h3-7,10,13,16,18H,8-9,11-12H2,1-2H3/t16-,18?,22-/m0/s1. The third-order valence-corrected chi connectivity index (χ3v) is 6.83. The molecule has 0 saturated carbocycles. The first-order valence-corrected chi connectivity index (χ1v) is 10.5. The summed E-state index contributed by atoms with van der Waals surface area (Å²) in [5.41, 5.74) is 2.96. The van der Waals surface area contributed by atoms with Gasteiger partial charge in [0.25, 0.3) is 0 Å². The molecule has 3 heterocycles. The number of carbonyl (C=O) groups is 1. The highest BCUT2D eigenvalue weighted by atomic mass is 32.1. The molecule has 0 bridgehead atoms. The Morgan fingerprint density at radius 3 is 3.04 bits per heavy atom. The number of thiophene rings is 1. The fourth-order valence-corrected chi connectivity index (χ4v) is 5.36. The van der Waals surface area contributed by atoms with Crippen molar-refractivity contribution in [3.05, 3.63) is 57.8 Å². The van der Waals surface area contributed by atoms with Crippen LogP contribution in [0.3, 0.4) is 0 Å². The number of nitrogens with zero attached hydrogens (tertiary/aromatic N) is 1. The van der Waals surface area contributed by atoms with Crippen molar-refractivity contribution in [2.24, 2.45) is 0 Å². The predicted molar refractivity (Wildman–Crippen MR) is 107 cm³/mol. The molecule has 2 aromatic rings. The third kappa shape index (κ3) is 2.66. The van der Waals surface area contributed by atoms with Crippen molar-refractivity contribution in [3.63, 3.8) is 0 Å². The summed E-state index contributed by atoms with van der Waals surface area (Å²) >= 11 is 1.49. The molecule has 1 aromatic carbocycles. The van der Waals surface area contributed by atoms with Gasteiger partial charge in [0, 0.05) is 23.9 Å². The Bertz CT molecular complexity index is 938. The Hall–Kier alpha value is -2.31. The Morgan fingerprint density at radius 1 is 1.36 bits per heavy atom. The summed E-state index contributed by atoms with van der Waals surface area (Å²) in [5, 5.41) is 3.70. The summed E-state index contributed by atoms with van der Waals surface area (Å²) < 4.78 is 17.8. The summed E-state index contributed by atoms with van der Waals surface area (Å²) in [6, 6.07) is 5.95. The SMILES string of the molecule is COc1ccc2c3c1OC1C[C@@H](OC(=O)c4ccsc4)C=C[C@@]31CCN(C)C2. The van der Waals surface area contributed by atoms with E-state index in [4.69, 9.17) is 14.2 Å². The monoisotopic (exact) mass is 397 g/mol. The second-order valence-electron chi connectivity index (χ2n) is 7.82. The molecule has 0 fully saturated rings. The third-order valence-electron chi connectivity index (χ3n) is 6.15. The normalized spacial score (nSPS) is 28.1. The number of rotatable bonds is 3. The molecular formula is C22H23NO4S. The van der Waals surface area contributed by atoms with Crippen LogP contribution in [0.4, 0.5) is 0 Å². The highest BCUT2D eigenvalue weighted by Gasteiger charge is 2.53. The minimum absolute atomic E-state index is 0.0608. The second-order valence-corrected chi connectivity index (χ2v) is 8.60. The molecule has 6 heteroatoms. The largest absolute Gasteiger partial charge is 0.493 e. The van der Waals surface area contributed by atoms with Crippen LogP contribution in [-0.2, 0) is 16.7 Å². The zero-order valence-corrected chi connectivity index (χ0v) is 16.8. The van der Waals surface area contributed by atoms with Gasteiger partial charge in [0.1, 0.15) is 12.2 Å². The Morgan fingerprint density at radius 2 is 2.25 bits per heavy atom. The van der Waals surface area contributed by atoms with Crippen LogP contribution < -0.4 is 9.47 Å². The summed E-state index contributed by atoms with van der Waals surface area (Å²) in [6.45, 7) is 1.88. The topological polar surface area (TPSA) is 48.0 Å². The number of esters is 1. The molecule has 0 N–H and O–H groups in total. The van der Waals surface area contributed by atoms with E-state index in [0.29, 0.717) is 12.0 Å². The summed E-state index contributed by atoms with van der Waals surface area (Å²) in [7, 11) is 3.84. The highest BCUT2D eigenvalue weighted by molar-refractivity contribution is 7.08. The van der Waals surface area contributed by atoms with Crippen LogP contribution in [0.5, 0.6) is 11.5 Å². The maximum Gasteiger partial charge on any atom is 0.339 e. The Labute approximate surface area is 168 Å². The van der Waals surface area contributed by atoms with Crippen molar-refractivity contribution in [1.82, 2.24) is 4.90 Å². The van der Waals surface area contributed by atoms with E-state index in [1.165, 1.54) is 22.5 Å². The van der Waals surface area contributed by atoms with Crippen molar-refractivity contribution in [2.75, 3.05) is 20.7 Å². The summed E-state index contributed by atoms with van der Waals surface area (Å²) in [5.74, 6) is 1.35. The van der Waals surface area contributed by atoms with Crippen LogP contribution in [0.1, 0.15) is 34.3 Å². The van der Waals surface area contributed by atoms with Gasteiger partial charge in [-0.1, -0.05) is 12.1 Å². The zero-order valence-electron chi connectivity index (χ0n) is 16.0. The first-order chi connectivity index (χ1) is 13.6. The lowest BCUT2D eigenvalue weighted by molar-refractivity contribution is 0.0218. The van der Waals surface area contributed by atoms with E-state index in [0.717, 1.165) is 31.0 Å². The first kappa shape index (κ1) is 17.8. The van der Waals surface area contributed by atoms with Crippen LogP contribution in [0, 0.1) is 0 Å². The van der Waals surface area contributed by atoms with Crippen molar-refractivity contribution in [1.29, 1.82) is 0 Å². The zero-order chi connectivity index (χ0) is 19.3. The molecular weight excluding hydrogens is 374 g/mol. The molecule has 3 aliphatic rings. The molecule has 1 aliphatic carbocycles. The van der Waals surface area contributed by atoms with E-state index in [1.54, 1.807) is 13.2 Å². The molecule has 0 saturated heterocycles. The number of methoxy groups -OCH3 is 1. The smallest absolute Gasteiger partial charge is 0.339 e. The molecule has 3 atom stereocenters. The Kier molecular flexibility index (Phi) is 4.21. The maximum absolute atomic E-state index is 12.4. The van der Waals surface area contributed by atoms with Crippen molar-refractivity contribution >= 4 is 17.3 Å². The average Bonchev–Trinajstić information content (AvgIpc) is 3.30. The number of hydrogen-bond acceptors (Lipinski definition) is 6. The molecule has 146 valence electrons. The quantitative estimate of drug-likeness (QED) is 0.583. The van der Waals surface area contributed by atoms with Crippen LogP contribution >= 0.6 is 11.3 Å². The van der Waals surface area contributed by atoms with Gasteiger partial charge >= 0.3 is 5.97 Å². The van der Waals surface area contributed by atoms with Crippen LogP contribution in [0.25, 0.3) is 0 Å². The van der Waals surface area contributed by atoms with E-state index >= 15 is 0 Å². The van der Waals surface area contributed by atoms with Crippen molar-refractivity contribution in [3.8, 4) is 11.5 Å². The van der Waals surface area contributed by atoms with Gasteiger partial charge in [0.15, 0.2) is 11.5 Å². The molecule has 5 nitrogen and oxygen atoms in total. The van der Waals surface area contributed by atoms with E-state index in [9.17, 15) is 4.79 Å². The lowest BCUT2D eigenvalue weighted by Crippen LogP contribution is -2.43. The van der Waals surface area contributed by atoms with Gasteiger partial charge in [-0.15, -0.1) is 0 Å². The summed E-state index contributed by atoms with van der Waals surface area (Å²) in [4.78, 5) is 14.7. The Balaban J connectivity index is 1.50. The van der Waals surface area contributed by atoms with Crippen LogP contribution in [-0.4, -0.2) is 43.8 Å². The second kappa shape index (κ2) is 6.64. The van der Waals surface area contributed by atoms with Crippen molar-refractivity contribution < 1.29 is 19.0 Å². The summed E-state index contributed by atoms with van der Waals surface area (Å²) in [6.07, 6.45) is 5.55. The highest BCUT2D eigenvalue weighted by Crippen LogP contribution is 2.55. The van der Waals surface area contributed by atoms with E-state index in [2.05, 4.69) is 24.1 Å². The minimum atomic E-state index is -0.284. The van der Waals surface area contributed by atoms with Gasteiger partial charge in [-0.05, 0) is 49.2 Å². The fraction of sp³-hybridized carbons (Fsp3) is 0.409. The number of benzene rings is 1. The van der Waals surface area contributed by atoms with Crippen molar-refractivity contribution in [2.45, 2.75) is 37.0 Å². The van der Waals surface area contributed by atoms with Gasteiger partial charge in [0.2, 0.25) is 0 Å². The van der Waals surface area contributed by atoms with Gasteiger partial charge < -0.3 is 19.1 Å². The van der Waals surface area contributed by atoms with E-state index in [1.807, 2.05) is 22.9 Å². The lowest BCUT2D eigenvalue weighted by Gasteiger charge is -2.36. The molecule has 5 rings (SSSR count). The molecule has 0 radical (unpaired) electrons. The number of ether oxygens (including phenoxy) is 3. The minimum Gasteiger partial charge on any atom is -0.493 e. The molecule has 28 heavy (non-hydrogen) atoms. The molecule has 1 spiro atoms. The average molecular weight is 397 g/mol.